The molecule has 3 rings (SSSR count). The summed E-state index contributed by atoms with van der Waals surface area (Å²) < 4.78 is 0. The smallest absolute Gasteiger partial charge is 0.0921 e. The fraction of sp³-hybridized carbons (Fsp3) is 0.333. The fourth-order valence-corrected chi connectivity index (χ4v) is 2.87. The van der Waals surface area contributed by atoms with Gasteiger partial charge in [0.05, 0.1) is 5.60 Å². The van der Waals surface area contributed by atoms with Gasteiger partial charge in [0.15, 0.2) is 0 Å². The van der Waals surface area contributed by atoms with Gasteiger partial charge in [-0.2, -0.15) is 0 Å². The number of aliphatic hydroxyl groups is 1. The Labute approximate surface area is 114 Å². The van der Waals surface area contributed by atoms with E-state index in [1.54, 1.807) is 0 Å². The average molecular weight is 252 g/mol. The Morgan fingerprint density at radius 3 is 2.05 bits per heavy atom. The minimum atomic E-state index is -0.616. The molecule has 1 N–H and O–H groups in total. The van der Waals surface area contributed by atoms with E-state index in [4.69, 9.17) is 0 Å². The fourth-order valence-electron chi connectivity index (χ4n) is 2.87. The molecule has 0 aromatic heterocycles. The molecule has 1 saturated carbocycles. The van der Waals surface area contributed by atoms with Gasteiger partial charge >= 0.3 is 0 Å². The number of benzene rings is 2. The first-order chi connectivity index (χ1) is 9.24. The molecule has 98 valence electrons. The van der Waals surface area contributed by atoms with Gasteiger partial charge in [-0.1, -0.05) is 61.5 Å². The van der Waals surface area contributed by atoms with Crippen molar-refractivity contribution < 1.29 is 5.11 Å². The molecule has 1 nitrogen and oxygen atoms in total. The lowest BCUT2D eigenvalue weighted by Crippen LogP contribution is -2.27. The Hall–Kier alpha value is -1.60. The maximum Gasteiger partial charge on any atom is 0.0921 e. The molecule has 0 spiro atoms. The van der Waals surface area contributed by atoms with Crippen molar-refractivity contribution in [2.45, 2.75) is 31.8 Å². The lowest BCUT2D eigenvalue weighted by molar-refractivity contribution is 0.00891. The zero-order valence-electron chi connectivity index (χ0n) is 11.3. The molecule has 1 aliphatic rings. The summed E-state index contributed by atoms with van der Waals surface area (Å²) >= 11 is 0. The summed E-state index contributed by atoms with van der Waals surface area (Å²) in [6.45, 7) is 2.07. The van der Waals surface area contributed by atoms with Gasteiger partial charge in [0.2, 0.25) is 0 Å². The molecule has 0 bridgehead atoms. The van der Waals surface area contributed by atoms with Crippen LogP contribution < -0.4 is 0 Å². The molecule has 0 amide bonds. The van der Waals surface area contributed by atoms with Crippen LogP contribution in [0.25, 0.3) is 11.1 Å². The molecular formula is C18H20O. The predicted molar refractivity (Wildman–Crippen MR) is 78.8 cm³/mol. The van der Waals surface area contributed by atoms with Crippen LogP contribution in [0.5, 0.6) is 0 Å². The standard InChI is InChI=1S/C18H20O/c1-2-18(19,17-12-13-17)16-10-8-15(9-11-16)14-6-4-3-5-7-14/h3-11,17,19H,2,12-13H2,1H3. The molecule has 1 atom stereocenters. The predicted octanol–water partition coefficient (Wildman–Crippen LogP) is 4.36. The van der Waals surface area contributed by atoms with E-state index in [-0.39, 0.29) is 0 Å². The minimum absolute atomic E-state index is 0.458. The monoisotopic (exact) mass is 252 g/mol. The Morgan fingerprint density at radius 1 is 0.947 bits per heavy atom. The minimum Gasteiger partial charge on any atom is -0.385 e. The van der Waals surface area contributed by atoms with Crippen molar-refractivity contribution in [3.05, 3.63) is 60.2 Å². The molecule has 19 heavy (non-hydrogen) atoms. The van der Waals surface area contributed by atoms with E-state index in [1.807, 2.05) is 6.07 Å². The van der Waals surface area contributed by atoms with Gasteiger partial charge < -0.3 is 5.11 Å². The molecular weight excluding hydrogens is 232 g/mol. The van der Waals surface area contributed by atoms with Crippen LogP contribution in [0.1, 0.15) is 31.7 Å². The van der Waals surface area contributed by atoms with Crippen LogP contribution in [0.4, 0.5) is 0 Å². The number of rotatable bonds is 4. The second-order valence-corrected chi connectivity index (χ2v) is 5.50. The Morgan fingerprint density at radius 2 is 1.53 bits per heavy atom. The van der Waals surface area contributed by atoms with Crippen molar-refractivity contribution in [3.63, 3.8) is 0 Å². The summed E-state index contributed by atoms with van der Waals surface area (Å²) in [5.41, 5.74) is 2.88. The van der Waals surface area contributed by atoms with Crippen molar-refractivity contribution >= 4 is 0 Å². The van der Waals surface area contributed by atoms with E-state index in [0.29, 0.717) is 5.92 Å². The first-order valence-corrected chi connectivity index (χ1v) is 7.12. The maximum atomic E-state index is 10.8. The van der Waals surface area contributed by atoms with Crippen molar-refractivity contribution in [2.75, 3.05) is 0 Å². The molecule has 0 heterocycles. The van der Waals surface area contributed by atoms with Gasteiger partial charge in [-0.05, 0) is 41.9 Å². The molecule has 2 aromatic rings. The van der Waals surface area contributed by atoms with E-state index in [1.165, 1.54) is 11.1 Å². The van der Waals surface area contributed by atoms with Gasteiger partial charge in [-0.3, -0.25) is 0 Å². The van der Waals surface area contributed by atoms with Crippen LogP contribution >= 0.6 is 0 Å². The SMILES string of the molecule is CCC(O)(c1ccc(-c2ccccc2)cc1)C1CC1. The molecule has 1 fully saturated rings. The Balaban J connectivity index is 1.91. The zero-order valence-corrected chi connectivity index (χ0v) is 11.3. The van der Waals surface area contributed by atoms with Gasteiger partial charge in [0, 0.05) is 0 Å². The van der Waals surface area contributed by atoms with Crippen LogP contribution in [-0.4, -0.2) is 5.11 Å². The second kappa shape index (κ2) is 4.82. The first-order valence-electron chi connectivity index (χ1n) is 7.12. The van der Waals surface area contributed by atoms with Crippen molar-refractivity contribution in [2.24, 2.45) is 5.92 Å². The lowest BCUT2D eigenvalue weighted by atomic mass is 9.85. The third-order valence-electron chi connectivity index (χ3n) is 4.28. The quantitative estimate of drug-likeness (QED) is 0.857. The molecule has 1 aliphatic carbocycles. The van der Waals surface area contributed by atoms with E-state index in [2.05, 4.69) is 55.5 Å². The lowest BCUT2D eigenvalue weighted by Gasteiger charge is -2.27. The van der Waals surface area contributed by atoms with Crippen LogP contribution in [-0.2, 0) is 5.60 Å². The third kappa shape index (κ3) is 2.31. The topological polar surface area (TPSA) is 20.2 Å². The summed E-state index contributed by atoms with van der Waals surface area (Å²) in [6.07, 6.45) is 3.11. The first kappa shape index (κ1) is 12.4. The van der Waals surface area contributed by atoms with Gasteiger partial charge in [0.25, 0.3) is 0 Å². The molecule has 2 aromatic carbocycles. The second-order valence-electron chi connectivity index (χ2n) is 5.50. The normalized spacial score (nSPS) is 18.0. The Bertz CT molecular complexity index is 540. The van der Waals surface area contributed by atoms with Crippen molar-refractivity contribution in [1.29, 1.82) is 0 Å². The summed E-state index contributed by atoms with van der Waals surface area (Å²) in [5, 5.41) is 10.8. The van der Waals surface area contributed by atoms with Crippen molar-refractivity contribution in [3.8, 4) is 11.1 Å². The van der Waals surface area contributed by atoms with Crippen LogP contribution in [0, 0.1) is 5.92 Å². The maximum absolute atomic E-state index is 10.8. The van der Waals surface area contributed by atoms with E-state index < -0.39 is 5.60 Å². The number of hydrogen-bond donors (Lipinski definition) is 1. The number of hydrogen-bond acceptors (Lipinski definition) is 1. The van der Waals surface area contributed by atoms with E-state index in [9.17, 15) is 5.11 Å². The van der Waals surface area contributed by atoms with Gasteiger partial charge in [-0.15, -0.1) is 0 Å². The highest BCUT2D eigenvalue weighted by atomic mass is 16.3. The highest BCUT2D eigenvalue weighted by Crippen LogP contribution is 2.47. The molecule has 0 aliphatic heterocycles. The average Bonchev–Trinajstić information content (AvgIpc) is 3.33. The molecule has 1 heteroatoms. The third-order valence-corrected chi connectivity index (χ3v) is 4.28. The highest BCUT2D eigenvalue weighted by Gasteiger charge is 2.43. The van der Waals surface area contributed by atoms with Crippen molar-refractivity contribution in [1.82, 2.24) is 0 Å². The van der Waals surface area contributed by atoms with Crippen LogP contribution in [0.15, 0.2) is 54.6 Å². The zero-order chi connectivity index (χ0) is 13.3. The van der Waals surface area contributed by atoms with Crippen LogP contribution in [0.3, 0.4) is 0 Å². The molecule has 1 unspecified atom stereocenters. The van der Waals surface area contributed by atoms with Gasteiger partial charge in [0.1, 0.15) is 0 Å². The van der Waals surface area contributed by atoms with Crippen LogP contribution in [0.2, 0.25) is 0 Å². The summed E-state index contributed by atoms with van der Waals surface area (Å²) in [4.78, 5) is 0. The molecule has 0 saturated heterocycles. The van der Waals surface area contributed by atoms with E-state index >= 15 is 0 Å². The summed E-state index contributed by atoms with van der Waals surface area (Å²) in [6, 6.07) is 18.8. The van der Waals surface area contributed by atoms with Gasteiger partial charge in [-0.25, -0.2) is 0 Å². The largest absolute Gasteiger partial charge is 0.385 e. The van der Waals surface area contributed by atoms with E-state index in [0.717, 1.165) is 24.8 Å². The molecule has 0 radical (unpaired) electrons. The summed E-state index contributed by atoms with van der Waals surface area (Å²) in [7, 11) is 0. The Kier molecular flexibility index (Phi) is 3.16. The highest BCUT2D eigenvalue weighted by molar-refractivity contribution is 5.63. The summed E-state index contributed by atoms with van der Waals surface area (Å²) in [5.74, 6) is 0.458.